The van der Waals surface area contributed by atoms with Gasteiger partial charge in [-0.3, -0.25) is 5.10 Å². The number of fused-ring (bicyclic) bond motifs is 1. The van der Waals surface area contributed by atoms with Crippen molar-refractivity contribution in [3.05, 3.63) is 78.0 Å². The van der Waals surface area contributed by atoms with Gasteiger partial charge < -0.3 is 18.9 Å². The third kappa shape index (κ3) is 3.72. The summed E-state index contributed by atoms with van der Waals surface area (Å²) in [6, 6.07) is 22.1. The molecule has 150 valence electrons. The van der Waals surface area contributed by atoms with Gasteiger partial charge >= 0.3 is 0 Å². The molecule has 0 amide bonds. The predicted octanol–water partition coefficient (Wildman–Crippen LogP) is 4.21. The lowest BCUT2D eigenvalue weighted by Crippen LogP contribution is -2.33. The number of nitrogens with one attached hydrogen (secondary N) is 1. The van der Waals surface area contributed by atoms with Crippen LogP contribution in [0.4, 0.5) is 0 Å². The quantitative estimate of drug-likeness (QED) is 0.705. The molecular weight excluding hydrogens is 368 g/mol. The van der Waals surface area contributed by atoms with E-state index in [1.54, 1.807) is 0 Å². The molecule has 1 aromatic heterocycles. The summed E-state index contributed by atoms with van der Waals surface area (Å²) in [4.78, 5) is 0. The lowest BCUT2D eigenvalue weighted by atomic mass is 10.1. The first-order valence-electron chi connectivity index (χ1n) is 9.86. The molecule has 6 heteroatoms. The monoisotopic (exact) mass is 392 g/mol. The predicted molar refractivity (Wildman–Crippen MR) is 107 cm³/mol. The minimum Gasteiger partial charge on any atom is -0.367 e. The van der Waals surface area contributed by atoms with Gasteiger partial charge in [0.15, 0.2) is 12.1 Å². The molecule has 2 saturated heterocycles. The topological polar surface area (TPSA) is 65.6 Å². The van der Waals surface area contributed by atoms with Gasteiger partial charge in [-0.1, -0.05) is 60.7 Å². The molecule has 0 bridgehead atoms. The maximum Gasteiger partial charge on any atom is 0.190 e. The van der Waals surface area contributed by atoms with Crippen LogP contribution in [0.5, 0.6) is 0 Å². The molecule has 0 radical (unpaired) electrons. The second kappa shape index (κ2) is 7.39. The lowest BCUT2D eigenvalue weighted by molar-refractivity contribution is -0.220. The van der Waals surface area contributed by atoms with E-state index in [0.29, 0.717) is 6.61 Å². The molecule has 6 nitrogen and oxygen atoms in total. The van der Waals surface area contributed by atoms with Crippen molar-refractivity contribution >= 4 is 0 Å². The number of aromatic amines is 1. The molecule has 0 unspecified atom stereocenters. The van der Waals surface area contributed by atoms with Crippen LogP contribution in [0.1, 0.15) is 31.2 Å². The van der Waals surface area contributed by atoms with Gasteiger partial charge in [0.25, 0.3) is 0 Å². The minimum absolute atomic E-state index is 0.304. The second-order valence-corrected chi connectivity index (χ2v) is 7.86. The van der Waals surface area contributed by atoms with Gasteiger partial charge in [-0.2, -0.15) is 5.10 Å². The molecule has 4 atom stereocenters. The molecule has 0 spiro atoms. The number of rotatable bonds is 5. The lowest BCUT2D eigenvalue weighted by Gasteiger charge is -2.25. The van der Waals surface area contributed by atoms with Crippen LogP contribution in [0.2, 0.25) is 0 Å². The van der Waals surface area contributed by atoms with E-state index in [0.717, 1.165) is 22.5 Å². The Balaban J connectivity index is 1.40. The average Bonchev–Trinajstić information content (AvgIpc) is 3.40. The van der Waals surface area contributed by atoms with Crippen molar-refractivity contribution in [1.29, 1.82) is 0 Å². The van der Waals surface area contributed by atoms with Gasteiger partial charge in [-0.25, -0.2) is 0 Å². The maximum atomic E-state index is 6.30. The molecule has 3 heterocycles. The van der Waals surface area contributed by atoms with E-state index in [4.69, 9.17) is 18.9 Å². The Bertz CT molecular complexity index is 957. The molecule has 0 saturated carbocycles. The second-order valence-electron chi connectivity index (χ2n) is 7.86. The van der Waals surface area contributed by atoms with Gasteiger partial charge in [0, 0.05) is 5.56 Å². The smallest absolute Gasteiger partial charge is 0.190 e. The van der Waals surface area contributed by atoms with Crippen LogP contribution in [-0.2, 0) is 25.6 Å². The zero-order valence-electron chi connectivity index (χ0n) is 16.4. The Labute approximate surface area is 169 Å². The first kappa shape index (κ1) is 18.5. The van der Waals surface area contributed by atoms with Crippen molar-refractivity contribution in [3.8, 4) is 11.3 Å². The average molecular weight is 392 g/mol. The summed E-state index contributed by atoms with van der Waals surface area (Å²) in [5.74, 6) is -0.697. The van der Waals surface area contributed by atoms with Crippen LogP contribution in [0.3, 0.4) is 0 Å². The van der Waals surface area contributed by atoms with Crippen molar-refractivity contribution < 1.29 is 18.9 Å². The summed E-state index contributed by atoms with van der Waals surface area (Å²) in [7, 11) is 0. The van der Waals surface area contributed by atoms with Gasteiger partial charge in [0.1, 0.15) is 18.3 Å². The van der Waals surface area contributed by atoms with Gasteiger partial charge in [0.05, 0.1) is 18.0 Å². The number of H-pyrrole nitrogens is 1. The molecule has 0 aliphatic carbocycles. The summed E-state index contributed by atoms with van der Waals surface area (Å²) in [5.41, 5.74) is 3.86. The number of ether oxygens (including phenoxy) is 4. The number of hydrogen-bond donors (Lipinski definition) is 1. The van der Waals surface area contributed by atoms with Crippen molar-refractivity contribution in [2.45, 2.75) is 50.8 Å². The molecule has 1 N–H and O–H groups in total. The molecular formula is C23H24N2O4. The summed E-state index contributed by atoms with van der Waals surface area (Å²) < 4.78 is 24.6. The highest BCUT2D eigenvalue weighted by Gasteiger charge is 2.56. The van der Waals surface area contributed by atoms with Gasteiger partial charge in [-0.15, -0.1) is 0 Å². The van der Waals surface area contributed by atoms with Crippen LogP contribution in [0, 0.1) is 0 Å². The Hall–Kier alpha value is -2.51. The number of aromatic nitrogens is 2. The van der Waals surface area contributed by atoms with E-state index in [2.05, 4.69) is 10.2 Å². The third-order valence-corrected chi connectivity index (χ3v) is 5.25. The molecule has 5 rings (SSSR count). The van der Waals surface area contributed by atoms with Gasteiger partial charge in [0.2, 0.25) is 0 Å². The Morgan fingerprint density at radius 2 is 1.72 bits per heavy atom. The van der Waals surface area contributed by atoms with Crippen LogP contribution in [-0.4, -0.2) is 34.5 Å². The van der Waals surface area contributed by atoms with E-state index in [9.17, 15) is 0 Å². The standard InChI is InChI=1S/C23H24N2O4/c1-23(2)28-21-20(26-14-15-9-5-3-6-10-15)19(27-22(21)29-23)18-13-17(24-25-18)16-11-7-4-8-12-16/h3-13,19-22H,14H2,1-2H3,(H,24,25)/t19-,20+,21-,22-/m1/s1. The van der Waals surface area contributed by atoms with Crippen molar-refractivity contribution in [1.82, 2.24) is 10.2 Å². The summed E-state index contributed by atoms with van der Waals surface area (Å²) in [5, 5.41) is 7.58. The van der Waals surface area contributed by atoms with Crippen molar-refractivity contribution in [2.75, 3.05) is 0 Å². The van der Waals surface area contributed by atoms with E-state index in [-0.39, 0.29) is 18.3 Å². The largest absolute Gasteiger partial charge is 0.367 e. The Morgan fingerprint density at radius 1 is 1.00 bits per heavy atom. The van der Waals surface area contributed by atoms with Crippen LogP contribution < -0.4 is 0 Å². The van der Waals surface area contributed by atoms with E-state index in [1.807, 2.05) is 80.6 Å². The van der Waals surface area contributed by atoms with Crippen molar-refractivity contribution in [3.63, 3.8) is 0 Å². The van der Waals surface area contributed by atoms with E-state index < -0.39 is 12.1 Å². The minimum atomic E-state index is -0.697. The summed E-state index contributed by atoms with van der Waals surface area (Å²) in [6.45, 7) is 4.25. The highest BCUT2D eigenvalue weighted by atomic mass is 16.8. The zero-order chi connectivity index (χ0) is 19.8. The number of benzene rings is 2. The maximum absolute atomic E-state index is 6.30. The van der Waals surface area contributed by atoms with Gasteiger partial charge in [-0.05, 0) is 25.5 Å². The van der Waals surface area contributed by atoms with Crippen LogP contribution in [0.15, 0.2) is 66.7 Å². The normalized spacial score (nSPS) is 27.8. The highest BCUT2D eigenvalue weighted by Crippen LogP contribution is 2.44. The molecule has 2 fully saturated rings. The first-order valence-corrected chi connectivity index (χ1v) is 9.86. The summed E-state index contributed by atoms with van der Waals surface area (Å²) >= 11 is 0. The molecule has 2 aliphatic heterocycles. The first-order chi connectivity index (χ1) is 14.1. The van der Waals surface area contributed by atoms with E-state index in [1.165, 1.54) is 0 Å². The van der Waals surface area contributed by atoms with Crippen LogP contribution in [0.25, 0.3) is 11.3 Å². The fourth-order valence-corrected chi connectivity index (χ4v) is 3.92. The van der Waals surface area contributed by atoms with Crippen LogP contribution >= 0.6 is 0 Å². The fraction of sp³-hybridized carbons (Fsp3) is 0.348. The summed E-state index contributed by atoms with van der Waals surface area (Å²) in [6.07, 6.45) is -1.44. The van der Waals surface area contributed by atoms with E-state index >= 15 is 0 Å². The Morgan fingerprint density at radius 3 is 2.48 bits per heavy atom. The molecule has 2 aliphatic rings. The Kier molecular flexibility index (Phi) is 4.72. The SMILES string of the molecule is CC1(C)O[C@H]2O[C@H](c3cc(-c4ccccc4)n[nH]3)[C@H](OCc3ccccc3)[C@H]2O1. The number of nitrogens with zero attached hydrogens (tertiary/aromatic N) is 1. The molecule has 29 heavy (non-hydrogen) atoms. The fourth-order valence-electron chi connectivity index (χ4n) is 3.92. The molecule has 2 aromatic carbocycles. The molecule has 3 aromatic rings. The van der Waals surface area contributed by atoms with Crippen molar-refractivity contribution in [2.24, 2.45) is 0 Å². The third-order valence-electron chi connectivity index (χ3n) is 5.25. The zero-order valence-corrected chi connectivity index (χ0v) is 16.4. The number of hydrogen-bond acceptors (Lipinski definition) is 5. The highest BCUT2D eigenvalue weighted by molar-refractivity contribution is 5.59.